The van der Waals surface area contributed by atoms with Crippen molar-refractivity contribution in [3.8, 4) is 0 Å². The van der Waals surface area contributed by atoms with Gasteiger partial charge in [-0.15, -0.1) is 0 Å². The lowest BCUT2D eigenvalue weighted by Crippen LogP contribution is -2.21. The first-order valence-electron chi connectivity index (χ1n) is 5.04. The molecule has 0 saturated heterocycles. The zero-order valence-corrected chi connectivity index (χ0v) is 8.86. The van der Waals surface area contributed by atoms with Crippen LogP contribution in [0.4, 0.5) is 5.69 Å². The monoisotopic (exact) mass is 204 g/mol. The lowest BCUT2D eigenvalue weighted by molar-refractivity contribution is -0.116. The van der Waals surface area contributed by atoms with E-state index in [1.165, 1.54) is 6.08 Å². The molecule has 0 aliphatic carbocycles. The summed E-state index contributed by atoms with van der Waals surface area (Å²) in [7, 11) is 0. The third-order valence-corrected chi connectivity index (χ3v) is 1.91. The summed E-state index contributed by atoms with van der Waals surface area (Å²) in [5, 5.41) is 2.76. The Balaban J connectivity index is 2.50. The van der Waals surface area contributed by atoms with Crippen LogP contribution in [0.2, 0.25) is 0 Å². The molecule has 3 N–H and O–H groups in total. The Bertz CT molecular complexity index is 341. The maximum Gasteiger partial charge on any atom is 0.243 e. The Labute approximate surface area is 90.0 Å². The van der Waals surface area contributed by atoms with Gasteiger partial charge in [-0.3, -0.25) is 4.79 Å². The van der Waals surface area contributed by atoms with Crippen LogP contribution in [0.15, 0.2) is 30.3 Å². The largest absolute Gasteiger partial charge is 0.399 e. The van der Waals surface area contributed by atoms with Gasteiger partial charge in [0.1, 0.15) is 0 Å². The molecule has 15 heavy (non-hydrogen) atoms. The molecule has 0 heterocycles. The number of nitrogens with one attached hydrogen (secondary N) is 1. The summed E-state index contributed by atoms with van der Waals surface area (Å²) in [6.45, 7) is 2.73. The maximum atomic E-state index is 11.2. The SMILES string of the molecule is CCCNC(=O)/C=C/c1ccc(N)cc1. The van der Waals surface area contributed by atoms with Gasteiger partial charge in [0.25, 0.3) is 0 Å². The highest BCUT2D eigenvalue weighted by Crippen LogP contribution is 2.06. The van der Waals surface area contributed by atoms with Gasteiger partial charge in [-0.05, 0) is 30.2 Å². The van der Waals surface area contributed by atoms with E-state index >= 15 is 0 Å². The molecule has 0 aliphatic heterocycles. The van der Waals surface area contributed by atoms with E-state index in [4.69, 9.17) is 5.73 Å². The number of nitrogens with two attached hydrogens (primary N) is 1. The number of carbonyl (C=O) groups excluding carboxylic acids is 1. The number of rotatable bonds is 4. The molecule has 0 bridgehead atoms. The molecule has 0 spiro atoms. The van der Waals surface area contributed by atoms with Gasteiger partial charge in [0.15, 0.2) is 0 Å². The molecule has 1 rings (SSSR count). The summed E-state index contributed by atoms with van der Waals surface area (Å²) in [6, 6.07) is 7.37. The molecule has 3 nitrogen and oxygen atoms in total. The van der Waals surface area contributed by atoms with Gasteiger partial charge >= 0.3 is 0 Å². The molecular weight excluding hydrogens is 188 g/mol. The van der Waals surface area contributed by atoms with Crippen molar-refractivity contribution >= 4 is 17.7 Å². The van der Waals surface area contributed by atoms with E-state index in [1.54, 1.807) is 6.08 Å². The van der Waals surface area contributed by atoms with E-state index in [0.717, 1.165) is 17.7 Å². The molecule has 1 aromatic rings. The molecule has 0 aromatic heterocycles. The minimum absolute atomic E-state index is 0.0614. The van der Waals surface area contributed by atoms with Crippen LogP contribution in [-0.4, -0.2) is 12.5 Å². The predicted molar refractivity (Wildman–Crippen MR) is 63.2 cm³/mol. The first-order chi connectivity index (χ1) is 7.22. The third-order valence-electron chi connectivity index (χ3n) is 1.91. The Kier molecular flexibility index (Phi) is 4.41. The summed E-state index contributed by atoms with van der Waals surface area (Å²) < 4.78 is 0. The second kappa shape index (κ2) is 5.86. The molecule has 0 saturated carbocycles. The van der Waals surface area contributed by atoms with Gasteiger partial charge in [0.05, 0.1) is 0 Å². The van der Waals surface area contributed by atoms with Crippen molar-refractivity contribution in [2.45, 2.75) is 13.3 Å². The maximum absolute atomic E-state index is 11.2. The average molecular weight is 204 g/mol. The molecule has 0 atom stereocenters. The van der Waals surface area contributed by atoms with Gasteiger partial charge in [0.2, 0.25) is 5.91 Å². The minimum Gasteiger partial charge on any atom is -0.399 e. The number of anilines is 1. The fraction of sp³-hybridized carbons (Fsp3) is 0.250. The van der Waals surface area contributed by atoms with Crippen molar-refractivity contribution < 1.29 is 4.79 Å². The second-order valence-electron chi connectivity index (χ2n) is 3.29. The topological polar surface area (TPSA) is 55.1 Å². The lowest BCUT2D eigenvalue weighted by atomic mass is 10.2. The third kappa shape index (κ3) is 4.31. The smallest absolute Gasteiger partial charge is 0.243 e. The number of benzene rings is 1. The van der Waals surface area contributed by atoms with E-state index in [0.29, 0.717) is 6.54 Å². The highest BCUT2D eigenvalue weighted by Gasteiger charge is 1.92. The normalized spacial score (nSPS) is 10.5. The van der Waals surface area contributed by atoms with Crippen molar-refractivity contribution in [2.24, 2.45) is 0 Å². The zero-order valence-electron chi connectivity index (χ0n) is 8.86. The molecule has 80 valence electrons. The van der Waals surface area contributed by atoms with Crippen molar-refractivity contribution in [2.75, 3.05) is 12.3 Å². The number of carbonyl (C=O) groups is 1. The summed E-state index contributed by atoms with van der Waals surface area (Å²) in [5.74, 6) is -0.0614. The van der Waals surface area contributed by atoms with Crippen LogP contribution < -0.4 is 11.1 Å². The molecule has 0 unspecified atom stereocenters. The van der Waals surface area contributed by atoms with E-state index in [1.807, 2.05) is 31.2 Å². The Morgan fingerprint density at radius 1 is 1.40 bits per heavy atom. The van der Waals surface area contributed by atoms with Crippen molar-refractivity contribution in [3.05, 3.63) is 35.9 Å². The molecule has 0 radical (unpaired) electrons. The van der Waals surface area contributed by atoms with Crippen LogP contribution in [-0.2, 0) is 4.79 Å². The molecule has 0 aliphatic rings. The quantitative estimate of drug-likeness (QED) is 0.580. The van der Waals surface area contributed by atoms with E-state index in [2.05, 4.69) is 5.32 Å². The van der Waals surface area contributed by atoms with Gasteiger partial charge < -0.3 is 11.1 Å². The van der Waals surface area contributed by atoms with Crippen LogP contribution in [0.5, 0.6) is 0 Å². The van der Waals surface area contributed by atoms with Gasteiger partial charge in [0, 0.05) is 18.3 Å². The van der Waals surface area contributed by atoms with E-state index in [9.17, 15) is 4.79 Å². The van der Waals surface area contributed by atoms with Crippen molar-refractivity contribution in [1.82, 2.24) is 5.32 Å². The summed E-state index contributed by atoms with van der Waals surface area (Å²) in [6.07, 6.45) is 4.24. The molecule has 3 heteroatoms. The summed E-state index contributed by atoms with van der Waals surface area (Å²) >= 11 is 0. The molecule has 0 fully saturated rings. The Morgan fingerprint density at radius 3 is 2.67 bits per heavy atom. The zero-order chi connectivity index (χ0) is 11.1. The average Bonchev–Trinajstić information content (AvgIpc) is 2.25. The van der Waals surface area contributed by atoms with E-state index in [-0.39, 0.29) is 5.91 Å². The fourth-order valence-corrected chi connectivity index (χ4v) is 1.09. The predicted octanol–water partition coefficient (Wildman–Crippen LogP) is 1.81. The summed E-state index contributed by atoms with van der Waals surface area (Å²) in [5.41, 5.74) is 7.24. The van der Waals surface area contributed by atoms with Crippen LogP contribution in [0.1, 0.15) is 18.9 Å². The van der Waals surface area contributed by atoms with Gasteiger partial charge in [-0.2, -0.15) is 0 Å². The van der Waals surface area contributed by atoms with Gasteiger partial charge in [-0.25, -0.2) is 0 Å². The van der Waals surface area contributed by atoms with E-state index < -0.39 is 0 Å². The minimum atomic E-state index is -0.0614. The number of hydrogen-bond donors (Lipinski definition) is 2. The van der Waals surface area contributed by atoms with Crippen molar-refractivity contribution in [3.63, 3.8) is 0 Å². The fourth-order valence-electron chi connectivity index (χ4n) is 1.09. The molecule has 1 aromatic carbocycles. The Morgan fingerprint density at radius 2 is 2.07 bits per heavy atom. The standard InChI is InChI=1S/C12H16N2O/c1-2-9-14-12(15)8-5-10-3-6-11(13)7-4-10/h3-8H,2,9,13H2,1H3,(H,14,15)/b8-5+. The van der Waals surface area contributed by atoms with Crippen LogP contribution in [0.25, 0.3) is 6.08 Å². The number of nitrogen functional groups attached to an aromatic ring is 1. The lowest BCUT2D eigenvalue weighted by Gasteiger charge is -1.98. The Hall–Kier alpha value is -1.77. The molecular formula is C12H16N2O. The molecule has 1 amide bonds. The number of hydrogen-bond acceptors (Lipinski definition) is 2. The highest BCUT2D eigenvalue weighted by molar-refractivity contribution is 5.91. The van der Waals surface area contributed by atoms with Crippen LogP contribution in [0, 0.1) is 0 Å². The van der Waals surface area contributed by atoms with Crippen LogP contribution in [0.3, 0.4) is 0 Å². The summed E-state index contributed by atoms with van der Waals surface area (Å²) in [4.78, 5) is 11.2. The highest BCUT2D eigenvalue weighted by atomic mass is 16.1. The van der Waals surface area contributed by atoms with Gasteiger partial charge in [-0.1, -0.05) is 19.1 Å². The first-order valence-corrected chi connectivity index (χ1v) is 5.04. The second-order valence-corrected chi connectivity index (χ2v) is 3.29. The first kappa shape index (κ1) is 11.3. The number of amides is 1. The van der Waals surface area contributed by atoms with Crippen LogP contribution >= 0.6 is 0 Å². The van der Waals surface area contributed by atoms with Crippen molar-refractivity contribution in [1.29, 1.82) is 0 Å².